The van der Waals surface area contributed by atoms with Crippen molar-refractivity contribution in [2.45, 2.75) is 37.3 Å². The fourth-order valence-corrected chi connectivity index (χ4v) is 3.58. The maximum Gasteiger partial charge on any atom is 0.259 e. The maximum atomic E-state index is 12.2. The van der Waals surface area contributed by atoms with E-state index >= 15 is 0 Å². The number of hydrogen-bond donors (Lipinski definition) is 1. The first-order valence-corrected chi connectivity index (χ1v) is 8.56. The number of imidazole rings is 1. The van der Waals surface area contributed by atoms with Crippen LogP contribution in [-0.2, 0) is 16.4 Å². The van der Waals surface area contributed by atoms with Crippen molar-refractivity contribution in [1.82, 2.24) is 14.3 Å². The molecule has 0 bridgehead atoms. The zero-order chi connectivity index (χ0) is 15.0. The number of aromatic nitrogens is 2. The molecule has 112 valence electrons. The molecule has 1 N–H and O–H groups in total. The first-order valence-electron chi connectivity index (χ1n) is 7.08. The lowest BCUT2D eigenvalue weighted by atomic mass is 9.78. The average Bonchev–Trinajstić information content (AvgIpc) is 2.90. The van der Waals surface area contributed by atoms with Crippen LogP contribution < -0.4 is 4.72 Å². The molecule has 1 heterocycles. The van der Waals surface area contributed by atoms with Crippen LogP contribution in [0.5, 0.6) is 0 Å². The normalized spacial score (nSPS) is 17.6. The number of rotatable bonds is 5. The molecule has 1 aliphatic rings. The molecule has 0 spiro atoms. The smallest absolute Gasteiger partial charge is 0.259 e. The van der Waals surface area contributed by atoms with Crippen LogP contribution in [0.1, 0.15) is 36.9 Å². The highest BCUT2D eigenvalue weighted by Crippen LogP contribution is 2.34. The molecule has 1 atom stereocenters. The van der Waals surface area contributed by atoms with Gasteiger partial charge in [-0.25, -0.2) is 18.1 Å². The van der Waals surface area contributed by atoms with Gasteiger partial charge in [0.05, 0.1) is 6.33 Å². The largest absolute Gasteiger partial charge is 0.334 e. The van der Waals surface area contributed by atoms with Crippen LogP contribution in [0.25, 0.3) is 0 Å². The van der Waals surface area contributed by atoms with Crippen molar-refractivity contribution in [2.75, 3.05) is 6.54 Å². The minimum atomic E-state index is -3.53. The zero-order valence-electron chi connectivity index (χ0n) is 12.2. The molecule has 0 amide bonds. The Morgan fingerprint density at radius 3 is 2.81 bits per heavy atom. The zero-order valence-corrected chi connectivity index (χ0v) is 13.0. The van der Waals surface area contributed by atoms with Gasteiger partial charge in [0.15, 0.2) is 5.03 Å². The molecule has 1 aliphatic carbocycles. The monoisotopic (exact) mass is 305 g/mol. The van der Waals surface area contributed by atoms with Gasteiger partial charge >= 0.3 is 0 Å². The van der Waals surface area contributed by atoms with Crippen LogP contribution in [0, 0.1) is 0 Å². The Morgan fingerprint density at radius 2 is 2.14 bits per heavy atom. The number of benzene rings is 1. The number of nitrogens with zero attached hydrogens (tertiary/aromatic N) is 2. The van der Waals surface area contributed by atoms with Gasteiger partial charge in [-0.15, -0.1) is 0 Å². The van der Waals surface area contributed by atoms with Crippen LogP contribution in [0.3, 0.4) is 0 Å². The molecule has 0 fully saturated rings. The molecule has 5 nitrogen and oxygen atoms in total. The molecule has 2 aromatic rings. The number of nitrogens with one attached hydrogen (secondary N) is 1. The standard InChI is InChI=1S/C15H19N3O2S/c1-11(2)18-9-15(16-10-18)21(19,20)17-8-13-7-12-5-3-4-6-14(12)13/h3-6,9-11,13,17H,7-8H2,1-2H3/t13-/m0/s1. The van der Waals surface area contributed by atoms with Crippen molar-refractivity contribution < 1.29 is 8.42 Å². The second-order valence-electron chi connectivity index (χ2n) is 5.70. The predicted octanol–water partition coefficient (Wildman–Crippen LogP) is 2.08. The van der Waals surface area contributed by atoms with E-state index in [1.54, 1.807) is 17.1 Å². The summed E-state index contributed by atoms with van der Waals surface area (Å²) in [5.74, 6) is 0.267. The van der Waals surface area contributed by atoms with Gasteiger partial charge in [0.25, 0.3) is 10.0 Å². The van der Waals surface area contributed by atoms with Gasteiger partial charge in [-0.2, -0.15) is 0 Å². The van der Waals surface area contributed by atoms with E-state index in [-0.39, 0.29) is 17.0 Å². The van der Waals surface area contributed by atoms with E-state index in [4.69, 9.17) is 0 Å². The highest BCUT2D eigenvalue weighted by molar-refractivity contribution is 7.89. The molecular weight excluding hydrogens is 286 g/mol. The Balaban J connectivity index is 1.67. The van der Waals surface area contributed by atoms with Gasteiger partial charge in [0.2, 0.25) is 0 Å². The van der Waals surface area contributed by atoms with E-state index in [0.717, 1.165) is 6.42 Å². The third-order valence-electron chi connectivity index (χ3n) is 3.93. The van der Waals surface area contributed by atoms with Crippen LogP contribution in [0.15, 0.2) is 41.8 Å². The first kappa shape index (κ1) is 14.3. The third kappa shape index (κ3) is 2.73. The molecule has 0 radical (unpaired) electrons. The van der Waals surface area contributed by atoms with E-state index in [0.29, 0.717) is 6.54 Å². The molecule has 0 aliphatic heterocycles. The summed E-state index contributed by atoms with van der Waals surface area (Å²) in [6, 6.07) is 8.34. The summed E-state index contributed by atoms with van der Waals surface area (Å²) in [6.07, 6.45) is 4.05. The average molecular weight is 305 g/mol. The summed E-state index contributed by atoms with van der Waals surface area (Å²) in [5.41, 5.74) is 2.55. The third-order valence-corrected chi connectivity index (χ3v) is 5.24. The molecule has 3 rings (SSSR count). The lowest BCUT2D eigenvalue weighted by Gasteiger charge is -2.29. The van der Waals surface area contributed by atoms with E-state index < -0.39 is 10.0 Å². The quantitative estimate of drug-likeness (QED) is 0.920. The van der Waals surface area contributed by atoms with Crippen LogP contribution >= 0.6 is 0 Å². The van der Waals surface area contributed by atoms with Gasteiger partial charge in [-0.3, -0.25) is 0 Å². The summed E-state index contributed by atoms with van der Waals surface area (Å²) in [6.45, 7) is 4.39. The van der Waals surface area contributed by atoms with Crippen molar-refractivity contribution >= 4 is 10.0 Å². The van der Waals surface area contributed by atoms with E-state index in [1.807, 2.05) is 26.0 Å². The van der Waals surface area contributed by atoms with Gasteiger partial charge in [-0.1, -0.05) is 24.3 Å². The summed E-state index contributed by atoms with van der Waals surface area (Å²) in [7, 11) is -3.53. The Kier molecular flexibility index (Phi) is 3.59. The van der Waals surface area contributed by atoms with Crippen molar-refractivity contribution in [3.05, 3.63) is 47.9 Å². The number of fused-ring (bicyclic) bond motifs is 1. The molecular formula is C15H19N3O2S. The second-order valence-corrected chi connectivity index (χ2v) is 7.42. The SMILES string of the molecule is CC(C)n1cnc(S(=O)(=O)NC[C@@H]2Cc3ccccc32)c1. The highest BCUT2D eigenvalue weighted by atomic mass is 32.2. The van der Waals surface area contributed by atoms with Crippen molar-refractivity contribution in [2.24, 2.45) is 0 Å². The Morgan fingerprint density at radius 1 is 1.38 bits per heavy atom. The Labute approximate surface area is 125 Å². The summed E-state index contributed by atoms with van der Waals surface area (Å²) < 4.78 is 28.9. The summed E-state index contributed by atoms with van der Waals surface area (Å²) in [4.78, 5) is 3.99. The molecule has 1 aromatic heterocycles. The molecule has 1 aromatic carbocycles. The fourth-order valence-electron chi connectivity index (χ4n) is 2.57. The highest BCUT2D eigenvalue weighted by Gasteiger charge is 2.27. The van der Waals surface area contributed by atoms with Crippen molar-refractivity contribution in [1.29, 1.82) is 0 Å². The Bertz CT molecular complexity index is 750. The maximum absolute atomic E-state index is 12.2. The van der Waals surface area contributed by atoms with Crippen LogP contribution in [0.4, 0.5) is 0 Å². The second kappa shape index (κ2) is 5.27. The fraction of sp³-hybridized carbons (Fsp3) is 0.400. The number of sulfonamides is 1. The Hall–Kier alpha value is -1.66. The first-order chi connectivity index (χ1) is 9.97. The van der Waals surface area contributed by atoms with Gasteiger partial charge in [-0.05, 0) is 31.4 Å². The van der Waals surface area contributed by atoms with Gasteiger partial charge < -0.3 is 4.57 Å². The minimum Gasteiger partial charge on any atom is -0.334 e. The van der Waals surface area contributed by atoms with E-state index in [1.165, 1.54) is 11.1 Å². The van der Waals surface area contributed by atoms with E-state index in [2.05, 4.69) is 21.8 Å². The molecule has 6 heteroatoms. The van der Waals surface area contributed by atoms with E-state index in [9.17, 15) is 8.42 Å². The molecule has 0 saturated carbocycles. The number of hydrogen-bond acceptors (Lipinski definition) is 3. The molecule has 0 unspecified atom stereocenters. The summed E-state index contributed by atoms with van der Waals surface area (Å²) in [5, 5.41) is 0.0869. The topological polar surface area (TPSA) is 64.0 Å². The molecule has 21 heavy (non-hydrogen) atoms. The van der Waals surface area contributed by atoms with Crippen LogP contribution in [0.2, 0.25) is 0 Å². The van der Waals surface area contributed by atoms with Gasteiger partial charge in [0.1, 0.15) is 0 Å². The molecule has 0 saturated heterocycles. The van der Waals surface area contributed by atoms with Crippen LogP contribution in [-0.4, -0.2) is 24.5 Å². The summed E-state index contributed by atoms with van der Waals surface area (Å²) >= 11 is 0. The van der Waals surface area contributed by atoms with Gasteiger partial charge in [0, 0.05) is 24.7 Å². The lowest BCUT2D eigenvalue weighted by Crippen LogP contribution is -2.33. The predicted molar refractivity (Wildman–Crippen MR) is 80.7 cm³/mol. The van der Waals surface area contributed by atoms with Crippen molar-refractivity contribution in [3.8, 4) is 0 Å². The van der Waals surface area contributed by atoms with Crippen molar-refractivity contribution in [3.63, 3.8) is 0 Å². The lowest BCUT2D eigenvalue weighted by molar-refractivity contribution is 0.549. The minimum absolute atomic E-state index is 0.0869.